The number of hydrogen-bond acceptors (Lipinski definition) is 5. The molecule has 0 unspecified atom stereocenters. The van der Waals surface area contributed by atoms with Crippen LogP contribution in [0.15, 0.2) is 24.3 Å². The van der Waals surface area contributed by atoms with Crippen LogP contribution in [0.5, 0.6) is 0 Å². The molecule has 5 nitrogen and oxygen atoms in total. The molecule has 2 atom stereocenters. The van der Waals surface area contributed by atoms with Gasteiger partial charge in [-0.2, -0.15) is 0 Å². The first-order valence-electron chi connectivity index (χ1n) is 10.7. The van der Waals surface area contributed by atoms with Gasteiger partial charge in [0.1, 0.15) is 11.0 Å². The number of ether oxygens (including phenoxy) is 1. The minimum atomic E-state index is -0.181. The van der Waals surface area contributed by atoms with E-state index in [9.17, 15) is 4.79 Å². The largest absolute Gasteiger partial charge is 0.378 e. The fourth-order valence-electron chi connectivity index (χ4n) is 4.52. The van der Waals surface area contributed by atoms with Crippen molar-refractivity contribution >= 4 is 17.2 Å². The number of rotatable bonds is 5. The number of nitrogens with zero attached hydrogens (tertiary/aromatic N) is 2. The zero-order chi connectivity index (χ0) is 20.4. The van der Waals surface area contributed by atoms with E-state index in [4.69, 9.17) is 9.72 Å². The Kier molecular flexibility index (Phi) is 6.32. The maximum atomic E-state index is 13.1. The number of thiazole rings is 1. The molecule has 1 aliphatic carbocycles. The van der Waals surface area contributed by atoms with Gasteiger partial charge in [-0.25, -0.2) is 4.98 Å². The lowest BCUT2D eigenvalue weighted by atomic mass is 10.1. The van der Waals surface area contributed by atoms with E-state index >= 15 is 0 Å². The molecule has 0 radical (unpaired) electrons. The second-order valence-electron chi connectivity index (χ2n) is 8.33. The molecule has 2 heterocycles. The molecular weight excluding hydrogens is 382 g/mol. The van der Waals surface area contributed by atoms with Crippen molar-refractivity contribution in [1.29, 1.82) is 0 Å². The number of nitrogens with one attached hydrogen (secondary N) is 1. The summed E-state index contributed by atoms with van der Waals surface area (Å²) in [5.74, 6) is 0.0776. The minimum Gasteiger partial charge on any atom is -0.378 e. The average Bonchev–Trinajstić information content (AvgIpc) is 3.38. The monoisotopic (exact) mass is 413 g/mol. The summed E-state index contributed by atoms with van der Waals surface area (Å²) in [4.78, 5) is 21.4. The summed E-state index contributed by atoms with van der Waals surface area (Å²) in [6.07, 6.45) is 4.95. The van der Waals surface area contributed by atoms with Crippen LogP contribution < -0.4 is 5.32 Å². The topological polar surface area (TPSA) is 54.5 Å². The Hall–Kier alpha value is -1.76. The lowest BCUT2D eigenvalue weighted by molar-refractivity contribution is -0.135. The Morgan fingerprint density at radius 2 is 1.97 bits per heavy atom. The predicted octanol–water partition coefficient (Wildman–Crippen LogP) is 4.25. The van der Waals surface area contributed by atoms with Gasteiger partial charge in [0.15, 0.2) is 0 Å². The van der Waals surface area contributed by atoms with E-state index in [-0.39, 0.29) is 18.0 Å². The number of aryl methyl sites for hydroxylation is 2. The number of benzene rings is 1. The van der Waals surface area contributed by atoms with E-state index in [2.05, 4.69) is 48.3 Å². The van der Waals surface area contributed by atoms with Crippen LogP contribution >= 0.6 is 11.3 Å². The van der Waals surface area contributed by atoms with Crippen LogP contribution in [0.25, 0.3) is 10.6 Å². The third-order valence-corrected chi connectivity index (χ3v) is 7.54. The summed E-state index contributed by atoms with van der Waals surface area (Å²) in [7, 11) is 0. The van der Waals surface area contributed by atoms with Crippen LogP contribution in [0, 0.1) is 13.8 Å². The van der Waals surface area contributed by atoms with Crippen LogP contribution in [0.4, 0.5) is 0 Å². The summed E-state index contributed by atoms with van der Waals surface area (Å²) in [6.45, 7) is 8.24. The first-order chi connectivity index (χ1) is 14.0. The van der Waals surface area contributed by atoms with E-state index in [1.165, 1.54) is 31.2 Å². The van der Waals surface area contributed by atoms with Gasteiger partial charge in [-0.15, -0.1) is 11.3 Å². The zero-order valence-electron chi connectivity index (χ0n) is 17.6. The van der Waals surface area contributed by atoms with E-state index in [1.807, 2.05) is 6.92 Å². The quantitative estimate of drug-likeness (QED) is 0.796. The summed E-state index contributed by atoms with van der Waals surface area (Å²) in [6, 6.07) is 8.72. The van der Waals surface area contributed by atoms with Gasteiger partial charge < -0.3 is 10.1 Å². The molecule has 1 aromatic heterocycles. The minimum absolute atomic E-state index is 0.0634. The van der Waals surface area contributed by atoms with Gasteiger partial charge in [0.05, 0.1) is 29.8 Å². The smallest absolute Gasteiger partial charge is 0.240 e. The lowest BCUT2D eigenvalue weighted by Gasteiger charge is -2.39. The fourth-order valence-corrected chi connectivity index (χ4v) is 5.59. The van der Waals surface area contributed by atoms with Crippen molar-refractivity contribution in [2.24, 2.45) is 0 Å². The fraction of sp³-hybridized carbons (Fsp3) is 0.565. The summed E-state index contributed by atoms with van der Waals surface area (Å²) < 4.78 is 5.66. The molecule has 2 fully saturated rings. The summed E-state index contributed by atoms with van der Waals surface area (Å²) >= 11 is 1.67. The molecule has 2 aromatic rings. The van der Waals surface area contributed by atoms with Crippen LogP contribution in [-0.4, -0.2) is 47.6 Å². The van der Waals surface area contributed by atoms with E-state index in [0.29, 0.717) is 12.6 Å². The highest BCUT2D eigenvalue weighted by atomic mass is 32.1. The molecule has 4 rings (SSSR count). The van der Waals surface area contributed by atoms with Gasteiger partial charge in [-0.05, 0) is 33.6 Å². The second-order valence-corrected chi connectivity index (χ2v) is 9.36. The van der Waals surface area contributed by atoms with Gasteiger partial charge in [-0.1, -0.05) is 42.7 Å². The molecule has 1 saturated carbocycles. The zero-order valence-corrected chi connectivity index (χ0v) is 18.4. The number of carbonyl (C=O) groups excluding carboxylic acids is 1. The Balaban J connectivity index is 1.46. The number of morpholine rings is 1. The van der Waals surface area contributed by atoms with Gasteiger partial charge >= 0.3 is 0 Å². The van der Waals surface area contributed by atoms with Crippen LogP contribution in [-0.2, 0) is 9.53 Å². The molecule has 1 saturated heterocycles. The van der Waals surface area contributed by atoms with Crippen LogP contribution in [0.2, 0.25) is 0 Å². The van der Waals surface area contributed by atoms with Gasteiger partial charge in [-0.3, -0.25) is 9.69 Å². The predicted molar refractivity (Wildman–Crippen MR) is 117 cm³/mol. The molecule has 1 aromatic carbocycles. The van der Waals surface area contributed by atoms with Crippen molar-refractivity contribution in [1.82, 2.24) is 15.2 Å². The first kappa shape index (κ1) is 20.5. The third-order valence-electron chi connectivity index (χ3n) is 6.15. The molecule has 1 aliphatic heterocycles. The van der Waals surface area contributed by atoms with Gasteiger partial charge in [0.25, 0.3) is 0 Å². The van der Waals surface area contributed by atoms with Crippen molar-refractivity contribution in [2.75, 3.05) is 19.8 Å². The average molecular weight is 414 g/mol. The number of amides is 1. The molecule has 1 amide bonds. The third kappa shape index (κ3) is 4.55. The van der Waals surface area contributed by atoms with E-state index in [1.54, 1.807) is 11.3 Å². The molecule has 29 heavy (non-hydrogen) atoms. The van der Waals surface area contributed by atoms with Crippen LogP contribution in [0.1, 0.15) is 54.8 Å². The molecule has 156 valence electrons. The van der Waals surface area contributed by atoms with Crippen LogP contribution in [0.3, 0.4) is 0 Å². The molecule has 1 N–H and O–H groups in total. The number of aromatic nitrogens is 1. The van der Waals surface area contributed by atoms with E-state index in [0.717, 1.165) is 34.3 Å². The maximum Gasteiger partial charge on any atom is 0.240 e. The van der Waals surface area contributed by atoms with Crippen molar-refractivity contribution in [3.8, 4) is 10.6 Å². The first-order valence-corrected chi connectivity index (χ1v) is 11.5. The Bertz CT molecular complexity index is 842. The molecule has 0 bridgehead atoms. The highest BCUT2D eigenvalue weighted by Crippen LogP contribution is 2.32. The van der Waals surface area contributed by atoms with Crippen molar-refractivity contribution in [3.63, 3.8) is 0 Å². The number of hydrogen-bond donors (Lipinski definition) is 1. The number of carbonyl (C=O) groups is 1. The highest BCUT2D eigenvalue weighted by Gasteiger charge is 2.36. The Morgan fingerprint density at radius 1 is 1.24 bits per heavy atom. The lowest BCUT2D eigenvalue weighted by Crippen LogP contribution is -2.56. The van der Waals surface area contributed by atoms with Crippen molar-refractivity contribution in [2.45, 2.75) is 64.6 Å². The molecule has 2 aliphatic rings. The summed E-state index contributed by atoms with van der Waals surface area (Å²) in [5, 5.41) is 4.25. The molecule has 0 spiro atoms. The normalized spacial score (nSPS) is 22.0. The summed E-state index contributed by atoms with van der Waals surface area (Å²) in [5.41, 5.74) is 3.36. The van der Waals surface area contributed by atoms with E-state index < -0.39 is 0 Å². The van der Waals surface area contributed by atoms with Gasteiger partial charge in [0, 0.05) is 18.2 Å². The van der Waals surface area contributed by atoms with Crippen molar-refractivity contribution in [3.05, 3.63) is 40.4 Å². The standard InChI is InChI=1S/C23H31N3O2S/c1-15-8-10-18(11-9-15)23-25-17(3)21(29-23)16(2)24-22(27)20-14-28-13-12-26(20)19-6-4-5-7-19/h8-11,16,19-20H,4-7,12-14H2,1-3H3,(H,24,27)/t16-,20+/m1/s1. The SMILES string of the molecule is Cc1ccc(-c2nc(C)c([C@@H](C)NC(=O)[C@@H]3COCCN3C3CCCC3)s2)cc1. The molecular formula is C23H31N3O2S. The molecule has 6 heteroatoms. The Morgan fingerprint density at radius 3 is 2.69 bits per heavy atom. The maximum absolute atomic E-state index is 13.1. The Labute approximate surface area is 177 Å². The second kappa shape index (κ2) is 8.94. The van der Waals surface area contributed by atoms with Gasteiger partial charge in [0.2, 0.25) is 5.91 Å². The highest BCUT2D eigenvalue weighted by molar-refractivity contribution is 7.15. The van der Waals surface area contributed by atoms with Crippen molar-refractivity contribution < 1.29 is 9.53 Å².